The molecule has 0 amide bonds. The van der Waals surface area contributed by atoms with Gasteiger partial charge in [-0.05, 0) is 56.4 Å². The fourth-order valence-corrected chi connectivity index (χ4v) is 3.52. The second-order valence-electron chi connectivity index (χ2n) is 7.51. The summed E-state index contributed by atoms with van der Waals surface area (Å²) in [7, 11) is 0. The fraction of sp³-hybridized carbons (Fsp3) is 1.00. The Balaban J connectivity index is 1.68. The van der Waals surface area contributed by atoms with Crippen molar-refractivity contribution in [2.75, 3.05) is 32.9 Å². The summed E-state index contributed by atoms with van der Waals surface area (Å²) in [6, 6.07) is 0. The zero-order valence-electron chi connectivity index (χ0n) is 12.7. The van der Waals surface area contributed by atoms with E-state index in [0.29, 0.717) is 5.41 Å². The molecule has 112 valence electrons. The van der Waals surface area contributed by atoms with Crippen molar-refractivity contribution < 1.29 is 9.84 Å². The highest BCUT2D eigenvalue weighted by Gasteiger charge is 2.34. The maximum Gasteiger partial charge on any atom is 0.0536 e. The van der Waals surface area contributed by atoms with Crippen molar-refractivity contribution in [3.8, 4) is 0 Å². The van der Waals surface area contributed by atoms with Crippen LogP contribution in [0.1, 0.15) is 52.4 Å². The summed E-state index contributed by atoms with van der Waals surface area (Å²) in [5.74, 6) is 0.849. The third-order valence-corrected chi connectivity index (χ3v) is 5.22. The quantitative estimate of drug-likeness (QED) is 0.779. The van der Waals surface area contributed by atoms with Crippen molar-refractivity contribution in [1.29, 1.82) is 0 Å². The molecular weight excluding hydrogens is 238 g/mol. The summed E-state index contributed by atoms with van der Waals surface area (Å²) in [5, 5.41) is 12.9. The minimum Gasteiger partial charge on any atom is -0.396 e. The van der Waals surface area contributed by atoms with Crippen LogP contribution in [-0.4, -0.2) is 38.0 Å². The van der Waals surface area contributed by atoms with Crippen LogP contribution in [0.5, 0.6) is 0 Å². The number of aliphatic hydroxyl groups is 1. The molecule has 1 atom stereocenters. The first kappa shape index (κ1) is 15.3. The van der Waals surface area contributed by atoms with E-state index in [1.807, 2.05) is 0 Å². The summed E-state index contributed by atoms with van der Waals surface area (Å²) in [5.41, 5.74) is 0.761. The Labute approximate surface area is 118 Å². The zero-order chi connectivity index (χ0) is 13.8. The highest BCUT2D eigenvalue weighted by Crippen LogP contribution is 2.38. The zero-order valence-corrected chi connectivity index (χ0v) is 12.7. The molecular formula is C16H31NO2. The summed E-state index contributed by atoms with van der Waals surface area (Å²) >= 11 is 0. The van der Waals surface area contributed by atoms with E-state index in [-0.39, 0.29) is 12.0 Å². The normalized spacial score (nSPS) is 31.7. The van der Waals surface area contributed by atoms with Crippen molar-refractivity contribution in [1.82, 2.24) is 5.32 Å². The molecule has 3 heteroatoms. The first-order valence-corrected chi connectivity index (χ1v) is 7.95. The highest BCUT2D eigenvalue weighted by molar-refractivity contribution is 4.86. The summed E-state index contributed by atoms with van der Waals surface area (Å²) in [4.78, 5) is 0. The molecule has 1 unspecified atom stereocenters. The minimum atomic E-state index is 0.197. The summed E-state index contributed by atoms with van der Waals surface area (Å²) in [6.07, 6.45) is 7.43. The van der Waals surface area contributed by atoms with Crippen LogP contribution in [0.3, 0.4) is 0 Å². The smallest absolute Gasteiger partial charge is 0.0536 e. The predicted molar refractivity (Wildman–Crippen MR) is 78.2 cm³/mol. The Morgan fingerprint density at radius 1 is 1.21 bits per heavy atom. The van der Waals surface area contributed by atoms with Crippen LogP contribution in [0.15, 0.2) is 0 Å². The van der Waals surface area contributed by atoms with Gasteiger partial charge in [-0.25, -0.2) is 0 Å². The molecule has 2 fully saturated rings. The Morgan fingerprint density at radius 3 is 2.53 bits per heavy atom. The number of nitrogens with one attached hydrogen (secondary N) is 1. The number of hydrogen-bond donors (Lipinski definition) is 2. The monoisotopic (exact) mass is 269 g/mol. The topological polar surface area (TPSA) is 41.5 Å². The Kier molecular flexibility index (Phi) is 5.27. The molecule has 1 saturated carbocycles. The lowest BCUT2D eigenvalue weighted by Crippen LogP contribution is -2.38. The highest BCUT2D eigenvalue weighted by atomic mass is 16.5. The predicted octanol–water partition coefficient (Wildman–Crippen LogP) is 2.58. The maximum absolute atomic E-state index is 9.21. The SMILES string of the molecule is CC1(C)CCC(CNCC2(CCO)CCOC2)CC1. The van der Waals surface area contributed by atoms with Gasteiger partial charge in [0.05, 0.1) is 6.61 Å². The number of rotatable bonds is 6. The lowest BCUT2D eigenvalue weighted by Gasteiger charge is -2.35. The van der Waals surface area contributed by atoms with E-state index in [1.54, 1.807) is 0 Å². The van der Waals surface area contributed by atoms with Crippen LogP contribution in [0, 0.1) is 16.7 Å². The standard InChI is InChI=1S/C16H31NO2/c1-15(2)5-3-14(4-6-15)11-17-12-16(7-9-18)8-10-19-13-16/h14,17-18H,3-13H2,1-2H3. The number of hydrogen-bond acceptors (Lipinski definition) is 3. The molecule has 0 aromatic heterocycles. The number of aliphatic hydroxyl groups excluding tert-OH is 1. The Morgan fingerprint density at radius 2 is 1.95 bits per heavy atom. The van der Waals surface area contributed by atoms with Crippen LogP contribution >= 0.6 is 0 Å². The molecule has 0 aromatic rings. The summed E-state index contributed by atoms with van der Waals surface area (Å²) < 4.78 is 5.53. The van der Waals surface area contributed by atoms with Crippen LogP contribution in [0.4, 0.5) is 0 Å². The third-order valence-electron chi connectivity index (χ3n) is 5.22. The van der Waals surface area contributed by atoms with Gasteiger partial charge in [-0.2, -0.15) is 0 Å². The van der Waals surface area contributed by atoms with E-state index in [9.17, 15) is 5.11 Å². The second kappa shape index (κ2) is 6.55. The minimum absolute atomic E-state index is 0.197. The average Bonchev–Trinajstić information content (AvgIpc) is 2.81. The van der Waals surface area contributed by atoms with Crippen LogP contribution in [0.25, 0.3) is 0 Å². The van der Waals surface area contributed by atoms with Gasteiger partial charge < -0.3 is 15.2 Å². The number of ether oxygens (including phenoxy) is 1. The van der Waals surface area contributed by atoms with Gasteiger partial charge >= 0.3 is 0 Å². The molecule has 2 aliphatic rings. The van der Waals surface area contributed by atoms with Crippen molar-refractivity contribution >= 4 is 0 Å². The lowest BCUT2D eigenvalue weighted by molar-refractivity contribution is 0.121. The molecule has 1 aliphatic carbocycles. The van der Waals surface area contributed by atoms with Crippen molar-refractivity contribution in [2.24, 2.45) is 16.7 Å². The van der Waals surface area contributed by atoms with Gasteiger partial charge in [-0.15, -0.1) is 0 Å². The molecule has 0 bridgehead atoms. The van der Waals surface area contributed by atoms with E-state index in [1.165, 1.54) is 25.7 Å². The Bertz CT molecular complexity index is 262. The van der Waals surface area contributed by atoms with Gasteiger partial charge in [0.1, 0.15) is 0 Å². The van der Waals surface area contributed by atoms with Gasteiger partial charge in [0.15, 0.2) is 0 Å². The van der Waals surface area contributed by atoms with E-state index < -0.39 is 0 Å². The second-order valence-corrected chi connectivity index (χ2v) is 7.51. The van der Waals surface area contributed by atoms with E-state index in [2.05, 4.69) is 19.2 Å². The molecule has 3 nitrogen and oxygen atoms in total. The van der Waals surface area contributed by atoms with Gasteiger partial charge in [-0.3, -0.25) is 0 Å². The molecule has 0 aromatic carbocycles. The van der Waals surface area contributed by atoms with Gasteiger partial charge in [-0.1, -0.05) is 13.8 Å². The van der Waals surface area contributed by atoms with Crippen LogP contribution < -0.4 is 5.32 Å². The van der Waals surface area contributed by atoms with E-state index >= 15 is 0 Å². The maximum atomic E-state index is 9.21. The Hall–Kier alpha value is -0.120. The third kappa shape index (κ3) is 4.44. The average molecular weight is 269 g/mol. The fourth-order valence-electron chi connectivity index (χ4n) is 3.52. The molecule has 0 radical (unpaired) electrons. The molecule has 0 spiro atoms. The molecule has 2 N–H and O–H groups in total. The molecule has 19 heavy (non-hydrogen) atoms. The molecule has 2 rings (SSSR count). The van der Waals surface area contributed by atoms with Crippen molar-refractivity contribution in [3.05, 3.63) is 0 Å². The molecule has 1 heterocycles. The van der Waals surface area contributed by atoms with Crippen molar-refractivity contribution in [3.63, 3.8) is 0 Å². The molecule has 1 saturated heterocycles. The van der Waals surface area contributed by atoms with E-state index in [0.717, 1.165) is 45.1 Å². The van der Waals surface area contributed by atoms with Crippen molar-refractivity contribution in [2.45, 2.75) is 52.4 Å². The first-order valence-electron chi connectivity index (χ1n) is 7.95. The van der Waals surface area contributed by atoms with E-state index in [4.69, 9.17) is 4.74 Å². The largest absolute Gasteiger partial charge is 0.396 e. The summed E-state index contributed by atoms with van der Waals surface area (Å²) in [6.45, 7) is 8.89. The van der Waals surface area contributed by atoms with Crippen LogP contribution in [-0.2, 0) is 4.74 Å². The first-order chi connectivity index (χ1) is 9.05. The lowest BCUT2D eigenvalue weighted by atomic mass is 9.73. The molecule has 1 aliphatic heterocycles. The van der Waals surface area contributed by atoms with Gasteiger partial charge in [0, 0.05) is 25.2 Å². The van der Waals surface area contributed by atoms with Gasteiger partial charge in [0.25, 0.3) is 0 Å². The van der Waals surface area contributed by atoms with Gasteiger partial charge in [0.2, 0.25) is 0 Å². The van der Waals surface area contributed by atoms with Crippen LogP contribution in [0.2, 0.25) is 0 Å².